The molecule has 0 unspecified atom stereocenters. The van der Waals surface area contributed by atoms with Gasteiger partial charge in [0.25, 0.3) is 5.91 Å². The lowest BCUT2D eigenvalue weighted by molar-refractivity contribution is -0.118. The summed E-state index contributed by atoms with van der Waals surface area (Å²) in [6.07, 6.45) is 5.05. The monoisotopic (exact) mass is 492 g/mol. The fourth-order valence-corrected chi connectivity index (χ4v) is 3.75. The number of rotatable bonds is 7. The number of hydrazone groups is 1. The molecule has 154 valence electrons. The van der Waals surface area contributed by atoms with E-state index in [9.17, 15) is 4.79 Å². The van der Waals surface area contributed by atoms with Crippen LogP contribution < -0.4 is 5.43 Å². The van der Waals surface area contributed by atoms with Crippen LogP contribution in [0.5, 0.6) is 0 Å². The largest absolute Gasteiger partial charge is 0.272 e. The van der Waals surface area contributed by atoms with E-state index in [0.29, 0.717) is 11.0 Å². The van der Waals surface area contributed by atoms with Crippen LogP contribution in [0.2, 0.25) is 0 Å². The molecular weight excluding hydrogens is 476 g/mol. The Bertz CT molecular complexity index is 1180. The van der Waals surface area contributed by atoms with Crippen molar-refractivity contribution in [3.05, 3.63) is 89.2 Å². The highest BCUT2D eigenvalue weighted by molar-refractivity contribution is 9.10. The molecule has 0 saturated carbocycles. The van der Waals surface area contributed by atoms with Crippen molar-refractivity contribution in [1.82, 2.24) is 25.2 Å². The number of para-hydroxylation sites is 1. The molecule has 0 radical (unpaired) electrons. The lowest BCUT2D eigenvalue weighted by atomic mass is 10.2. The zero-order valence-corrected chi connectivity index (χ0v) is 18.6. The summed E-state index contributed by atoms with van der Waals surface area (Å²) in [5.41, 5.74) is 5.18. The molecule has 2 heterocycles. The van der Waals surface area contributed by atoms with Crippen LogP contribution in [0.3, 0.4) is 0 Å². The molecule has 0 aliphatic rings. The van der Waals surface area contributed by atoms with Crippen LogP contribution in [0.1, 0.15) is 5.56 Å². The highest BCUT2D eigenvalue weighted by atomic mass is 79.9. The van der Waals surface area contributed by atoms with Gasteiger partial charge >= 0.3 is 0 Å². The molecule has 0 aliphatic heterocycles. The first-order valence-corrected chi connectivity index (χ1v) is 11.1. The minimum atomic E-state index is -0.232. The summed E-state index contributed by atoms with van der Waals surface area (Å²) in [5.74, 6) is 0.578. The third kappa shape index (κ3) is 5.44. The zero-order chi connectivity index (χ0) is 21.5. The van der Waals surface area contributed by atoms with Crippen molar-refractivity contribution in [3.8, 4) is 17.1 Å². The molecule has 0 bridgehead atoms. The van der Waals surface area contributed by atoms with Crippen molar-refractivity contribution >= 4 is 39.8 Å². The number of benzene rings is 2. The fourth-order valence-electron chi connectivity index (χ4n) is 2.75. The summed E-state index contributed by atoms with van der Waals surface area (Å²) in [7, 11) is 0. The summed E-state index contributed by atoms with van der Waals surface area (Å²) in [6.45, 7) is 0. The van der Waals surface area contributed by atoms with Gasteiger partial charge in [-0.1, -0.05) is 58.0 Å². The Morgan fingerprint density at radius 2 is 1.87 bits per heavy atom. The van der Waals surface area contributed by atoms with Crippen LogP contribution in [0.4, 0.5) is 0 Å². The van der Waals surface area contributed by atoms with Crippen molar-refractivity contribution in [3.63, 3.8) is 0 Å². The van der Waals surface area contributed by atoms with Gasteiger partial charge in [-0.2, -0.15) is 5.10 Å². The van der Waals surface area contributed by atoms with Crippen molar-refractivity contribution < 1.29 is 4.79 Å². The predicted octanol–water partition coefficient (Wildman–Crippen LogP) is 4.33. The van der Waals surface area contributed by atoms with Gasteiger partial charge in [0.1, 0.15) is 0 Å². The van der Waals surface area contributed by atoms with E-state index < -0.39 is 0 Å². The Morgan fingerprint density at radius 1 is 1.06 bits per heavy atom. The molecule has 1 amide bonds. The Morgan fingerprint density at radius 3 is 2.61 bits per heavy atom. The van der Waals surface area contributed by atoms with E-state index in [2.05, 4.69) is 41.6 Å². The SMILES string of the molecule is O=C(CSc1nnc(-c2cccnc2)n1-c1ccccc1)N/N=C/c1ccc(Br)cc1. The Balaban J connectivity index is 1.47. The van der Waals surface area contributed by atoms with Gasteiger partial charge in [-0.3, -0.25) is 14.3 Å². The average Bonchev–Trinajstić information content (AvgIpc) is 3.24. The predicted molar refractivity (Wildman–Crippen MR) is 125 cm³/mol. The molecule has 0 saturated heterocycles. The normalized spacial score (nSPS) is 11.0. The van der Waals surface area contributed by atoms with Crippen LogP contribution in [-0.4, -0.2) is 37.6 Å². The maximum atomic E-state index is 12.3. The maximum absolute atomic E-state index is 12.3. The molecule has 7 nitrogen and oxygen atoms in total. The highest BCUT2D eigenvalue weighted by Gasteiger charge is 2.17. The summed E-state index contributed by atoms with van der Waals surface area (Å²) in [5, 5.41) is 13.3. The van der Waals surface area contributed by atoms with Crippen molar-refractivity contribution in [2.75, 3.05) is 5.75 Å². The Labute approximate surface area is 191 Å². The topological polar surface area (TPSA) is 85.1 Å². The molecule has 2 aromatic heterocycles. The maximum Gasteiger partial charge on any atom is 0.250 e. The summed E-state index contributed by atoms with van der Waals surface area (Å²) < 4.78 is 2.90. The fraction of sp³-hybridized carbons (Fsp3) is 0.0455. The molecule has 0 fully saturated rings. The first-order chi connectivity index (χ1) is 15.2. The second kappa shape index (κ2) is 10.1. The van der Waals surface area contributed by atoms with E-state index in [-0.39, 0.29) is 11.7 Å². The minimum Gasteiger partial charge on any atom is -0.272 e. The number of hydrogen-bond acceptors (Lipinski definition) is 6. The Kier molecular flexibility index (Phi) is 6.85. The number of nitrogens with zero attached hydrogens (tertiary/aromatic N) is 5. The van der Waals surface area contributed by atoms with E-state index in [0.717, 1.165) is 21.3 Å². The lowest BCUT2D eigenvalue weighted by Crippen LogP contribution is -2.20. The van der Waals surface area contributed by atoms with Gasteiger partial charge in [0.05, 0.1) is 12.0 Å². The second-order valence-electron chi connectivity index (χ2n) is 6.35. The third-order valence-corrected chi connectivity index (χ3v) is 5.63. The van der Waals surface area contributed by atoms with E-state index >= 15 is 0 Å². The van der Waals surface area contributed by atoms with Gasteiger partial charge in [-0.15, -0.1) is 10.2 Å². The number of carbonyl (C=O) groups excluding carboxylic acids is 1. The number of amides is 1. The number of hydrogen-bond donors (Lipinski definition) is 1. The zero-order valence-electron chi connectivity index (χ0n) is 16.2. The lowest BCUT2D eigenvalue weighted by Gasteiger charge is -2.09. The number of nitrogens with one attached hydrogen (secondary N) is 1. The van der Waals surface area contributed by atoms with Gasteiger partial charge in [-0.05, 0) is 42.0 Å². The number of carbonyl (C=O) groups is 1. The smallest absolute Gasteiger partial charge is 0.250 e. The van der Waals surface area contributed by atoms with Crippen molar-refractivity contribution in [2.45, 2.75) is 5.16 Å². The van der Waals surface area contributed by atoms with Crippen LogP contribution in [-0.2, 0) is 4.79 Å². The first-order valence-electron chi connectivity index (χ1n) is 9.32. The van der Waals surface area contributed by atoms with E-state index in [1.165, 1.54) is 11.8 Å². The highest BCUT2D eigenvalue weighted by Crippen LogP contribution is 2.27. The Hall–Kier alpha value is -3.30. The molecule has 4 rings (SSSR count). The summed E-state index contributed by atoms with van der Waals surface area (Å²) >= 11 is 4.68. The van der Waals surface area contributed by atoms with Gasteiger partial charge < -0.3 is 0 Å². The number of halogens is 1. The van der Waals surface area contributed by atoms with Gasteiger partial charge in [-0.25, -0.2) is 5.43 Å². The average molecular weight is 493 g/mol. The number of pyridine rings is 1. The summed E-state index contributed by atoms with van der Waals surface area (Å²) in [6, 6.07) is 21.2. The molecule has 0 aliphatic carbocycles. The van der Waals surface area contributed by atoms with E-state index in [1.54, 1.807) is 18.6 Å². The van der Waals surface area contributed by atoms with Gasteiger partial charge in [0, 0.05) is 28.1 Å². The quantitative estimate of drug-likeness (QED) is 0.235. The number of thioether (sulfide) groups is 1. The molecule has 0 atom stereocenters. The van der Waals surface area contributed by atoms with Crippen molar-refractivity contribution in [1.29, 1.82) is 0 Å². The van der Waals surface area contributed by atoms with Crippen molar-refractivity contribution in [2.24, 2.45) is 5.10 Å². The van der Waals surface area contributed by atoms with Crippen LogP contribution in [0.15, 0.2) is 93.9 Å². The standard InChI is InChI=1S/C22H17BrN6OS/c23-18-10-8-16(9-11-18)13-25-26-20(30)15-31-22-28-27-21(17-5-4-12-24-14-17)29(22)19-6-2-1-3-7-19/h1-14H,15H2,(H,26,30)/b25-13+. The molecule has 2 aromatic carbocycles. The molecule has 31 heavy (non-hydrogen) atoms. The second-order valence-corrected chi connectivity index (χ2v) is 8.21. The van der Waals surface area contributed by atoms with Crippen LogP contribution >= 0.6 is 27.7 Å². The summed E-state index contributed by atoms with van der Waals surface area (Å²) in [4.78, 5) is 16.4. The minimum absolute atomic E-state index is 0.148. The molecule has 0 spiro atoms. The number of aromatic nitrogens is 4. The van der Waals surface area contributed by atoms with Crippen LogP contribution in [0, 0.1) is 0 Å². The molecule has 9 heteroatoms. The first kappa shape index (κ1) is 21.0. The molecule has 4 aromatic rings. The van der Waals surface area contributed by atoms with Crippen LogP contribution in [0.25, 0.3) is 17.1 Å². The van der Waals surface area contributed by atoms with E-state index in [1.807, 2.05) is 71.3 Å². The third-order valence-electron chi connectivity index (χ3n) is 4.17. The van der Waals surface area contributed by atoms with Gasteiger partial charge in [0.15, 0.2) is 11.0 Å². The molecule has 1 N–H and O–H groups in total. The van der Waals surface area contributed by atoms with Gasteiger partial charge in [0.2, 0.25) is 0 Å². The van der Waals surface area contributed by atoms with E-state index in [4.69, 9.17) is 0 Å². The molecular formula is C22H17BrN6OS.